The number of rotatable bonds is 7. The lowest BCUT2D eigenvalue weighted by Gasteiger charge is -2.26. The molecule has 138 valence electrons. The largest absolute Gasteiger partial charge is 0.378 e. The van der Waals surface area contributed by atoms with E-state index in [1.54, 1.807) is 4.90 Å². The summed E-state index contributed by atoms with van der Waals surface area (Å²) in [5, 5.41) is 14.6. The van der Waals surface area contributed by atoms with Crippen LogP contribution < -0.4 is 5.32 Å². The minimum Gasteiger partial charge on any atom is -0.378 e. The average molecular weight is 368 g/mol. The second-order valence-electron chi connectivity index (χ2n) is 6.24. The molecular weight excluding hydrogens is 344 g/mol. The predicted octanol–water partition coefficient (Wildman–Crippen LogP) is -0.00360. The molecule has 0 bridgehead atoms. The molecule has 2 fully saturated rings. The Morgan fingerprint density at radius 3 is 2.76 bits per heavy atom. The first-order chi connectivity index (χ1) is 12.2. The van der Waals surface area contributed by atoms with Gasteiger partial charge in [0, 0.05) is 13.1 Å². The Bertz CT molecular complexity index is 584. The van der Waals surface area contributed by atoms with Gasteiger partial charge in [0.05, 0.1) is 37.3 Å². The standard InChI is InChI=1S/C15H24N6O3S/c22-14(16-9-15(23)20-5-7-24-8-6-20)11-25-10-13-17-18-19-21(13)12-3-1-2-4-12/h12H,1-11H2,(H,16,22). The minimum atomic E-state index is -0.147. The molecule has 0 aromatic carbocycles. The average Bonchev–Trinajstić information content (AvgIpc) is 3.31. The van der Waals surface area contributed by atoms with Crippen LogP contribution in [0, 0.1) is 0 Å². The van der Waals surface area contributed by atoms with Crippen LogP contribution in [-0.2, 0) is 20.1 Å². The van der Waals surface area contributed by atoms with Gasteiger partial charge in [0.25, 0.3) is 0 Å². The summed E-state index contributed by atoms with van der Waals surface area (Å²) in [6, 6.07) is 0.394. The van der Waals surface area contributed by atoms with E-state index in [1.165, 1.54) is 24.6 Å². The molecule has 2 heterocycles. The number of amides is 2. The van der Waals surface area contributed by atoms with E-state index in [4.69, 9.17) is 4.74 Å². The van der Waals surface area contributed by atoms with Crippen LogP contribution in [0.15, 0.2) is 0 Å². The molecule has 1 N–H and O–H groups in total. The minimum absolute atomic E-state index is 0.0409. The highest BCUT2D eigenvalue weighted by Gasteiger charge is 2.21. The van der Waals surface area contributed by atoms with Crippen LogP contribution in [0.5, 0.6) is 0 Å². The Hall–Kier alpha value is -1.68. The maximum atomic E-state index is 12.0. The van der Waals surface area contributed by atoms with Crippen molar-refractivity contribution in [3.05, 3.63) is 5.82 Å². The normalized spacial score (nSPS) is 18.5. The Kier molecular flexibility index (Phi) is 6.62. The molecule has 1 aromatic heterocycles. The molecule has 1 aliphatic heterocycles. The second-order valence-corrected chi connectivity index (χ2v) is 7.23. The lowest BCUT2D eigenvalue weighted by atomic mass is 10.2. The predicted molar refractivity (Wildman–Crippen MR) is 91.9 cm³/mol. The number of carbonyl (C=O) groups excluding carboxylic acids is 2. The lowest BCUT2D eigenvalue weighted by molar-refractivity contribution is -0.135. The fourth-order valence-electron chi connectivity index (χ4n) is 3.12. The van der Waals surface area contributed by atoms with Gasteiger partial charge in [-0.1, -0.05) is 12.8 Å². The molecule has 2 amide bonds. The van der Waals surface area contributed by atoms with Gasteiger partial charge in [-0.05, 0) is 23.3 Å². The zero-order chi connectivity index (χ0) is 17.5. The molecule has 25 heavy (non-hydrogen) atoms. The zero-order valence-electron chi connectivity index (χ0n) is 14.2. The number of nitrogens with one attached hydrogen (secondary N) is 1. The Labute approximate surface area is 150 Å². The lowest BCUT2D eigenvalue weighted by Crippen LogP contribution is -2.45. The molecule has 0 atom stereocenters. The Balaban J connectivity index is 1.35. The van der Waals surface area contributed by atoms with Crippen LogP contribution in [0.4, 0.5) is 0 Å². The van der Waals surface area contributed by atoms with Crippen molar-refractivity contribution in [2.45, 2.75) is 37.5 Å². The van der Waals surface area contributed by atoms with Gasteiger partial charge >= 0.3 is 0 Å². The molecule has 3 rings (SSSR count). The highest BCUT2D eigenvalue weighted by molar-refractivity contribution is 7.99. The molecule has 0 spiro atoms. The van der Waals surface area contributed by atoms with Gasteiger partial charge in [-0.25, -0.2) is 4.68 Å². The van der Waals surface area contributed by atoms with Crippen LogP contribution in [0.25, 0.3) is 0 Å². The molecule has 0 unspecified atom stereocenters. The highest BCUT2D eigenvalue weighted by atomic mass is 32.2. The number of nitrogens with zero attached hydrogens (tertiary/aromatic N) is 5. The summed E-state index contributed by atoms with van der Waals surface area (Å²) in [6.45, 7) is 2.34. The Morgan fingerprint density at radius 1 is 1.24 bits per heavy atom. The Morgan fingerprint density at radius 2 is 2.00 bits per heavy atom. The van der Waals surface area contributed by atoms with Gasteiger partial charge in [-0.3, -0.25) is 9.59 Å². The smallest absolute Gasteiger partial charge is 0.242 e. The third-order valence-corrected chi connectivity index (χ3v) is 5.43. The fraction of sp³-hybridized carbons (Fsp3) is 0.800. The molecule has 1 saturated carbocycles. The van der Waals surface area contributed by atoms with E-state index in [2.05, 4.69) is 20.8 Å². The van der Waals surface area contributed by atoms with Crippen molar-refractivity contribution in [2.75, 3.05) is 38.6 Å². The molecule has 9 nitrogen and oxygen atoms in total. The first kappa shape index (κ1) is 18.1. The van der Waals surface area contributed by atoms with Crippen molar-refractivity contribution < 1.29 is 14.3 Å². The number of tetrazole rings is 1. The summed E-state index contributed by atoms with van der Waals surface area (Å²) in [5.41, 5.74) is 0. The van der Waals surface area contributed by atoms with Crippen molar-refractivity contribution in [3.63, 3.8) is 0 Å². The van der Waals surface area contributed by atoms with Gasteiger partial charge in [-0.2, -0.15) is 0 Å². The number of aromatic nitrogens is 4. The summed E-state index contributed by atoms with van der Waals surface area (Å²) >= 11 is 1.46. The molecule has 1 saturated heterocycles. The zero-order valence-corrected chi connectivity index (χ0v) is 15.0. The van der Waals surface area contributed by atoms with Crippen molar-refractivity contribution in [3.8, 4) is 0 Å². The molecule has 1 aliphatic carbocycles. The van der Waals surface area contributed by atoms with E-state index in [0.29, 0.717) is 38.1 Å². The van der Waals surface area contributed by atoms with Crippen LogP contribution in [0.3, 0.4) is 0 Å². The van der Waals surface area contributed by atoms with Crippen LogP contribution in [0.1, 0.15) is 37.5 Å². The fourth-order valence-corrected chi connectivity index (χ4v) is 3.89. The van der Waals surface area contributed by atoms with E-state index < -0.39 is 0 Å². The number of carbonyl (C=O) groups is 2. The third-order valence-electron chi connectivity index (χ3n) is 4.50. The van der Waals surface area contributed by atoms with E-state index in [1.807, 2.05) is 4.68 Å². The number of ether oxygens (including phenoxy) is 1. The van der Waals surface area contributed by atoms with Crippen LogP contribution >= 0.6 is 11.8 Å². The first-order valence-corrected chi connectivity index (χ1v) is 9.86. The number of hydrogen-bond donors (Lipinski definition) is 1. The van der Waals surface area contributed by atoms with Gasteiger partial charge in [-0.15, -0.1) is 16.9 Å². The van der Waals surface area contributed by atoms with Gasteiger partial charge in [0.2, 0.25) is 11.8 Å². The molecule has 10 heteroatoms. The van der Waals surface area contributed by atoms with Crippen molar-refractivity contribution in [1.82, 2.24) is 30.4 Å². The van der Waals surface area contributed by atoms with Crippen molar-refractivity contribution >= 4 is 23.6 Å². The second kappa shape index (κ2) is 9.14. The van der Waals surface area contributed by atoms with Crippen LogP contribution in [-0.4, -0.2) is 75.5 Å². The van der Waals surface area contributed by atoms with Gasteiger partial charge < -0.3 is 15.0 Å². The van der Waals surface area contributed by atoms with Gasteiger partial charge in [0.15, 0.2) is 5.82 Å². The SMILES string of the molecule is O=C(CSCc1nnnn1C1CCCC1)NCC(=O)N1CCOCC1. The van der Waals surface area contributed by atoms with E-state index in [0.717, 1.165) is 18.7 Å². The van der Waals surface area contributed by atoms with E-state index in [9.17, 15) is 9.59 Å². The summed E-state index contributed by atoms with van der Waals surface area (Å²) in [5.74, 6) is 1.48. The maximum Gasteiger partial charge on any atom is 0.242 e. The van der Waals surface area contributed by atoms with E-state index >= 15 is 0 Å². The summed E-state index contributed by atoms with van der Waals surface area (Å²) in [6.07, 6.45) is 4.67. The summed E-state index contributed by atoms with van der Waals surface area (Å²) in [4.78, 5) is 25.6. The molecule has 1 aromatic rings. The van der Waals surface area contributed by atoms with Crippen molar-refractivity contribution in [1.29, 1.82) is 0 Å². The summed E-state index contributed by atoms with van der Waals surface area (Å²) in [7, 11) is 0. The van der Waals surface area contributed by atoms with Crippen molar-refractivity contribution in [2.24, 2.45) is 0 Å². The molecular formula is C15H24N6O3S. The third kappa shape index (κ3) is 5.15. The molecule has 2 aliphatic rings. The number of morpholine rings is 1. The number of hydrogen-bond acceptors (Lipinski definition) is 7. The summed E-state index contributed by atoms with van der Waals surface area (Å²) < 4.78 is 7.11. The van der Waals surface area contributed by atoms with E-state index in [-0.39, 0.29) is 24.1 Å². The first-order valence-electron chi connectivity index (χ1n) is 8.71. The van der Waals surface area contributed by atoms with Crippen LogP contribution in [0.2, 0.25) is 0 Å². The molecule has 0 radical (unpaired) electrons. The quantitative estimate of drug-likeness (QED) is 0.722. The maximum absolute atomic E-state index is 12.0. The number of thioether (sulfide) groups is 1. The van der Waals surface area contributed by atoms with Gasteiger partial charge in [0.1, 0.15) is 0 Å². The highest BCUT2D eigenvalue weighted by Crippen LogP contribution is 2.29. The topological polar surface area (TPSA) is 102 Å². The monoisotopic (exact) mass is 368 g/mol.